The van der Waals surface area contributed by atoms with Gasteiger partial charge in [0.25, 0.3) is 5.91 Å². The van der Waals surface area contributed by atoms with E-state index in [1.807, 2.05) is 55.5 Å². The molecule has 0 fully saturated rings. The minimum atomic E-state index is -1.32. The van der Waals surface area contributed by atoms with E-state index in [0.29, 0.717) is 12.0 Å². The number of amides is 1. The third-order valence-electron chi connectivity index (χ3n) is 3.90. The first-order valence-electron chi connectivity index (χ1n) is 8.28. The van der Waals surface area contributed by atoms with Crippen LogP contribution < -0.4 is 5.32 Å². The number of carbonyl (C=O) groups excluding carboxylic acids is 2. The third-order valence-corrected chi connectivity index (χ3v) is 3.90. The summed E-state index contributed by atoms with van der Waals surface area (Å²) < 4.78 is 4.74. The largest absolute Gasteiger partial charge is 0.480 e. The molecule has 2 rings (SSSR count). The molecular weight excluding hydrogens is 334 g/mol. The van der Waals surface area contributed by atoms with Crippen LogP contribution in [0.2, 0.25) is 0 Å². The average Bonchev–Trinajstić information content (AvgIpc) is 2.64. The fourth-order valence-corrected chi connectivity index (χ4v) is 2.63. The molecule has 0 aromatic heterocycles. The number of hydrogen-bond acceptors (Lipinski definition) is 4. The Hall–Kier alpha value is -3.15. The van der Waals surface area contributed by atoms with Crippen LogP contribution in [0.3, 0.4) is 0 Å². The summed E-state index contributed by atoms with van der Waals surface area (Å²) in [6, 6.07) is 13.6. The van der Waals surface area contributed by atoms with Crippen molar-refractivity contribution in [2.75, 3.05) is 6.61 Å². The molecule has 0 saturated heterocycles. The van der Waals surface area contributed by atoms with Gasteiger partial charge in [0.1, 0.15) is 6.61 Å². The highest BCUT2D eigenvalue weighted by molar-refractivity contribution is 6.03. The van der Waals surface area contributed by atoms with Gasteiger partial charge < -0.3 is 15.2 Å². The second-order valence-corrected chi connectivity index (χ2v) is 5.73. The number of carboxylic acid groups (broad SMARTS) is 1. The van der Waals surface area contributed by atoms with Crippen LogP contribution in [0.15, 0.2) is 48.5 Å². The molecule has 1 amide bonds. The molecule has 6 heteroatoms. The van der Waals surface area contributed by atoms with E-state index in [9.17, 15) is 19.5 Å². The maximum atomic E-state index is 12.9. The maximum absolute atomic E-state index is 12.9. The van der Waals surface area contributed by atoms with Crippen molar-refractivity contribution in [1.29, 1.82) is 0 Å². The standard InChI is InChI=1S/C20H21NO5/c1-3-14-10-7-11-16(15-8-5-4-6-9-15)18(14)19(23)21-17(20(24)25)12-26-13(2)22/h4-11,17H,3,12H2,1-2H3,(H,21,23)(H,24,25)/t17-/m0/s1. The number of esters is 1. The number of carbonyl (C=O) groups is 3. The van der Waals surface area contributed by atoms with E-state index in [1.165, 1.54) is 6.92 Å². The molecule has 136 valence electrons. The van der Waals surface area contributed by atoms with Crippen molar-refractivity contribution in [2.24, 2.45) is 0 Å². The van der Waals surface area contributed by atoms with Crippen LogP contribution in [0, 0.1) is 0 Å². The first-order chi connectivity index (χ1) is 12.4. The summed E-state index contributed by atoms with van der Waals surface area (Å²) in [6.45, 7) is 2.68. The molecule has 26 heavy (non-hydrogen) atoms. The van der Waals surface area contributed by atoms with Gasteiger partial charge in [0.2, 0.25) is 0 Å². The number of aryl methyl sites for hydroxylation is 1. The second kappa shape index (κ2) is 8.80. The number of ether oxygens (including phenoxy) is 1. The Kier molecular flexibility index (Phi) is 6.49. The summed E-state index contributed by atoms with van der Waals surface area (Å²) in [5.74, 6) is -2.39. The van der Waals surface area contributed by atoms with Crippen molar-refractivity contribution < 1.29 is 24.2 Å². The Labute approximate surface area is 151 Å². The lowest BCUT2D eigenvalue weighted by Crippen LogP contribution is -2.44. The molecule has 0 saturated carbocycles. The van der Waals surface area contributed by atoms with Crippen molar-refractivity contribution >= 4 is 17.8 Å². The van der Waals surface area contributed by atoms with Gasteiger partial charge in [-0.15, -0.1) is 0 Å². The molecule has 0 radical (unpaired) electrons. The van der Waals surface area contributed by atoms with Gasteiger partial charge in [-0.1, -0.05) is 55.5 Å². The molecule has 2 aromatic carbocycles. The van der Waals surface area contributed by atoms with E-state index in [-0.39, 0.29) is 0 Å². The predicted octanol–water partition coefficient (Wildman–Crippen LogP) is 2.66. The van der Waals surface area contributed by atoms with Crippen LogP contribution in [0.4, 0.5) is 0 Å². The zero-order chi connectivity index (χ0) is 19.1. The highest BCUT2D eigenvalue weighted by Gasteiger charge is 2.25. The Morgan fingerprint density at radius 1 is 1.08 bits per heavy atom. The van der Waals surface area contributed by atoms with Crippen LogP contribution in [-0.2, 0) is 20.7 Å². The molecule has 2 aromatic rings. The van der Waals surface area contributed by atoms with Gasteiger partial charge in [-0.3, -0.25) is 9.59 Å². The maximum Gasteiger partial charge on any atom is 0.329 e. The van der Waals surface area contributed by atoms with Crippen molar-refractivity contribution in [3.05, 3.63) is 59.7 Å². The number of aliphatic carboxylic acids is 1. The quantitative estimate of drug-likeness (QED) is 0.745. The summed E-state index contributed by atoms with van der Waals surface area (Å²) in [7, 11) is 0. The van der Waals surface area contributed by atoms with Crippen LogP contribution in [0.1, 0.15) is 29.8 Å². The lowest BCUT2D eigenvalue weighted by atomic mass is 9.93. The van der Waals surface area contributed by atoms with Gasteiger partial charge in [-0.05, 0) is 23.1 Å². The van der Waals surface area contributed by atoms with Gasteiger partial charge >= 0.3 is 11.9 Å². The third kappa shape index (κ3) is 4.69. The monoisotopic (exact) mass is 355 g/mol. The van der Waals surface area contributed by atoms with Crippen LogP contribution in [0.5, 0.6) is 0 Å². The van der Waals surface area contributed by atoms with Crippen molar-refractivity contribution in [3.63, 3.8) is 0 Å². The summed E-state index contributed by atoms with van der Waals surface area (Å²) >= 11 is 0. The van der Waals surface area contributed by atoms with E-state index in [2.05, 4.69) is 5.32 Å². The van der Waals surface area contributed by atoms with Gasteiger partial charge in [0.05, 0.1) is 5.56 Å². The van der Waals surface area contributed by atoms with Crippen molar-refractivity contribution in [2.45, 2.75) is 26.3 Å². The molecule has 0 heterocycles. The number of carboxylic acids is 1. The van der Waals surface area contributed by atoms with Gasteiger partial charge in [0.15, 0.2) is 6.04 Å². The zero-order valence-electron chi connectivity index (χ0n) is 14.7. The minimum absolute atomic E-state index is 0.425. The molecule has 0 aliphatic rings. The highest BCUT2D eigenvalue weighted by atomic mass is 16.5. The number of benzene rings is 2. The molecule has 0 spiro atoms. The Morgan fingerprint density at radius 3 is 2.35 bits per heavy atom. The molecule has 1 atom stereocenters. The number of nitrogens with one attached hydrogen (secondary N) is 1. The predicted molar refractivity (Wildman–Crippen MR) is 96.8 cm³/mol. The summed E-state index contributed by atoms with van der Waals surface area (Å²) in [5, 5.41) is 11.7. The normalized spacial score (nSPS) is 11.5. The van der Waals surface area contributed by atoms with Gasteiger partial charge in [0, 0.05) is 6.92 Å². The van der Waals surface area contributed by atoms with E-state index >= 15 is 0 Å². The zero-order valence-corrected chi connectivity index (χ0v) is 14.7. The van der Waals surface area contributed by atoms with Crippen LogP contribution in [-0.4, -0.2) is 35.6 Å². The molecule has 6 nitrogen and oxygen atoms in total. The molecule has 0 aliphatic carbocycles. The van der Waals surface area contributed by atoms with Gasteiger partial charge in [-0.25, -0.2) is 4.79 Å². The average molecular weight is 355 g/mol. The van der Waals surface area contributed by atoms with Crippen molar-refractivity contribution in [1.82, 2.24) is 5.32 Å². The topological polar surface area (TPSA) is 92.7 Å². The van der Waals surface area contributed by atoms with Crippen LogP contribution in [0.25, 0.3) is 11.1 Å². The lowest BCUT2D eigenvalue weighted by Gasteiger charge is -2.18. The minimum Gasteiger partial charge on any atom is -0.480 e. The molecule has 2 N–H and O–H groups in total. The summed E-state index contributed by atoms with van der Waals surface area (Å²) in [4.78, 5) is 35.2. The Morgan fingerprint density at radius 2 is 1.77 bits per heavy atom. The Bertz CT molecular complexity index is 801. The van der Waals surface area contributed by atoms with E-state index in [1.54, 1.807) is 0 Å². The molecule has 0 unspecified atom stereocenters. The van der Waals surface area contributed by atoms with Gasteiger partial charge in [-0.2, -0.15) is 0 Å². The SMILES string of the molecule is CCc1cccc(-c2ccccc2)c1C(=O)N[C@@H](COC(C)=O)C(=O)O. The second-order valence-electron chi connectivity index (χ2n) is 5.73. The van der Waals surface area contributed by atoms with E-state index in [4.69, 9.17) is 4.74 Å². The Balaban J connectivity index is 2.38. The first kappa shape index (κ1) is 19.2. The van der Waals surface area contributed by atoms with Crippen LogP contribution >= 0.6 is 0 Å². The lowest BCUT2D eigenvalue weighted by molar-refractivity contribution is -0.146. The van der Waals surface area contributed by atoms with Crippen molar-refractivity contribution in [3.8, 4) is 11.1 Å². The number of hydrogen-bond donors (Lipinski definition) is 2. The fourth-order valence-electron chi connectivity index (χ4n) is 2.63. The number of rotatable bonds is 7. The molecular formula is C20H21NO5. The smallest absolute Gasteiger partial charge is 0.329 e. The molecule has 0 bridgehead atoms. The first-order valence-corrected chi connectivity index (χ1v) is 8.28. The highest BCUT2D eigenvalue weighted by Crippen LogP contribution is 2.26. The fraction of sp³-hybridized carbons (Fsp3) is 0.250. The van der Waals surface area contributed by atoms with E-state index in [0.717, 1.165) is 16.7 Å². The molecule has 0 aliphatic heterocycles. The summed E-state index contributed by atoms with van der Waals surface area (Å²) in [5.41, 5.74) is 2.81. The van der Waals surface area contributed by atoms with E-state index < -0.39 is 30.5 Å². The summed E-state index contributed by atoms with van der Waals surface area (Å²) in [6.07, 6.45) is 0.616.